The zero-order valence-corrected chi connectivity index (χ0v) is 16.4. The summed E-state index contributed by atoms with van der Waals surface area (Å²) in [6, 6.07) is 19.6. The topological polar surface area (TPSA) is 69.2 Å². The molecule has 0 bridgehead atoms. The molecular formula is C23H20ClN3O2. The van der Waals surface area contributed by atoms with Crippen LogP contribution in [0.2, 0.25) is 5.02 Å². The second-order valence-electron chi connectivity index (χ2n) is 7.60. The Morgan fingerprint density at radius 3 is 2.76 bits per heavy atom. The molecule has 2 aromatic heterocycles. The molecule has 1 amide bonds. The Morgan fingerprint density at radius 2 is 1.90 bits per heavy atom. The van der Waals surface area contributed by atoms with Crippen molar-refractivity contribution in [3.05, 3.63) is 77.1 Å². The summed E-state index contributed by atoms with van der Waals surface area (Å²) < 4.78 is 0. The van der Waals surface area contributed by atoms with Gasteiger partial charge in [0, 0.05) is 41.0 Å². The molecule has 0 spiro atoms. The molecule has 146 valence electrons. The van der Waals surface area contributed by atoms with Gasteiger partial charge in [0.25, 0.3) is 5.91 Å². The summed E-state index contributed by atoms with van der Waals surface area (Å²) in [7, 11) is 0. The van der Waals surface area contributed by atoms with Crippen LogP contribution >= 0.6 is 11.6 Å². The van der Waals surface area contributed by atoms with E-state index in [0.29, 0.717) is 30.2 Å². The zero-order valence-electron chi connectivity index (χ0n) is 15.7. The highest BCUT2D eigenvalue weighted by molar-refractivity contribution is 6.38. The summed E-state index contributed by atoms with van der Waals surface area (Å²) in [6.45, 7) is 0.767. The second kappa shape index (κ2) is 7.17. The number of carbonyl (C=O) groups excluding carboxylic acids is 1. The molecule has 0 saturated carbocycles. The normalized spacial score (nSPS) is 19.3. The van der Waals surface area contributed by atoms with Gasteiger partial charge in [0.1, 0.15) is 5.69 Å². The molecule has 6 heteroatoms. The quantitative estimate of drug-likeness (QED) is 0.540. The van der Waals surface area contributed by atoms with Gasteiger partial charge in [-0.1, -0.05) is 54.1 Å². The highest BCUT2D eigenvalue weighted by atomic mass is 35.5. The molecule has 1 saturated heterocycles. The average Bonchev–Trinajstić information content (AvgIpc) is 3.28. The van der Waals surface area contributed by atoms with Gasteiger partial charge >= 0.3 is 0 Å². The van der Waals surface area contributed by atoms with E-state index in [1.165, 1.54) is 0 Å². The van der Waals surface area contributed by atoms with Crippen LogP contribution in [-0.4, -0.2) is 45.1 Å². The van der Waals surface area contributed by atoms with Crippen molar-refractivity contribution in [2.24, 2.45) is 5.92 Å². The standard InChI is InChI=1S/C23H20ClN3O2/c24-21-17-6-2-4-8-19(17)26-22(21)23(29)27-12-15(20(28)13-27)11-16-10-9-14-5-1-3-7-18(14)25-16/h1-10,15,20,26,28H,11-13H2/t15-,20-/m1/s1. The molecule has 2 N–H and O–H groups in total. The molecule has 5 nitrogen and oxygen atoms in total. The fraction of sp³-hybridized carbons (Fsp3) is 0.217. The van der Waals surface area contributed by atoms with E-state index >= 15 is 0 Å². The number of nitrogens with zero attached hydrogens (tertiary/aromatic N) is 2. The number of aliphatic hydroxyl groups is 1. The fourth-order valence-corrected chi connectivity index (χ4v) is 4.42. The van der Waals surface area contributed by atoms with Crippen LogP contribution in [0.5, 0.6) is 0 Å². The average molecular weight is 406 g/mol. The molecule has 0 unspecified atom stereocenters. The molecule has 2 aromatic carbocycles. The first-order valence-electron chi connectivity index (χ1n) is 9.68. The summed E-state index contributed by atoms with van der Waals surface area (Å²) in [5.74, 6) is -0.241. The van der Waals surface area contributed by atoms with Crippen molar-refractivity contribution in [1.29, 1.82) is 0 Å². The lowest BCUT2D eigenvalue weighted by Gasteiger charge is -2.15. The Bertz CT molecular complexity index is 1220. The first-order chi connectivity index (χ1) is 14.1. The SMILES string of the molecule is O=C(c1[nH]c2ccccc2c1Cl)N1C[C@@H](Cc2ccc3ccccc3n2)[C@H](O)C1. The van der Waals surface area contributed by atoms with Crippen LogP contribution in [0.3, 0.4) is 0 Å². The monoisotopic (exact) mass is 405 g/mol. The van der Waals surface area contributed by atoms with Crippen LogP contribution in [0.4, 0.5) is 0 Å². The maximum absolute atomic E-state index is 13.0. The lowest BCUT2D eigenvalue weighted by molar-refractivity contribution is 0.0760. The molecule has 4 aromatic rings. The van der Waals surface area contributed by atoms with Gasteiger partial charge < -0.3 is 15.0 Å². The van der Waals surface area contributed by atoms with Gasteiger partial charge in [-0.2, -0.15) is 0 Å². The third-order valence-corrected chi connectivity index (χ3v) is 6.07. The van der Waals surface area contributed by atoms with Crippen LogP contribution in [0.25, 0.3) is 21.8 Å². The minimum atomic E-state index is -0.588. The van der Waals surface area contributed by atoms with E-state index in [1.807, 2.05) is 60.7 Å². The molecule has 1 aliphatic heterocycles. The number of carbonyl (C=O) groups is 1. The summed E-state index contributed by atoms with van der Waals surface area (Å²) in [4.78, 5) is 22.5. The Labute approximate surface area is 172 Å². The Hall–Kier alpha value is -2.89. The van der Waals surface area contributed by atoms with E-state index in [9.17, 15) is 9.90 Å². The Morgan fingerprint density at radius 1 is 1.10 bits per heavy atom. The van der Waals surface area contributed by atoms with Crippen molar-refractivity contribution in [2.45, 2.75) is 12.5 Å². The molecule has 0 aliphatic carbocycles. The predicted molar refractivity (Wildman–Crippen MR) is 114 cm³/mol. The van der Waals surface area contributed by atoms with E-state index in [4.69, 9.17) is 16.6 Å². The number of nitrogens with one attached hydrogen (secondary N) is 1. The van der Waals surface area contributed by atoms with E-state index in [-0.39, 0.29) is 11.8 Å². The molecule has 1 aliphatic rings. The number of benzene rings is 2. The van der Waals surface area contributed by atoms with Crippen LogP contribution in [0.1, 0.15) is 16.2 Å². The number of aromatic amines is 1. The number of amides is 1. The number of rotatable bonds is 3. The largest absolute Gasteiger partial charge is 0.391 e. The maximum Gasteiger partial charge on any atom is 0.271 e. The third-order valence-electron chi connectivity index (χ3n) is 5.68. The van der Waals surface area contributed by atoms with Crippen molar-refractivity contribution in [2.75, 3.05) is 13.1 Å². The number of pyridine rings is 1. The van der Waals surface area contributed by atoms with Crippen molar-refractivity contribution in [1.82, 2.24) is 14.9 Å². The van der Waals surface area contributed by atoms with Gasteiger partial charge in [0.05, 0.1) is 16.6 Å². The van der Waals surface area contributed by atoms with E-state index in [2.05, 4.69) is 4.98 Å². The molecule has 1 fully saturated rings. The van der Waals surface area contributed by atoms with Gasteiger partial charge in [0.2, 0.25) is 0 Å². The maximum atomic E-state index is 13.0. The van der Waals surface area contributed by atoms with Crippen LogP contribution < -0.4 is 0 Å². The first-order valence-corrected chi connectivity index (χ1v) is 10.1. The molecule has 0 radical (unpaired) electrons. The van der Waals surface area contributed by atoms with E-state index in [1.54, 1.807) is 4.90 Å². The number of halogens is 1. The summed E-state index contributed by atoms with van der Waals surface area (Å²) in [6.07, 6.45) is 0.0336. The third kappa shape index (κ3) is 3.26. The van der Waals surface area contributed by atoms with Crippen LogP contribution in [0.15, 0.2) is 60.7 Å². The van der Waals surface area contributed by atoms with Gasteiger partial charge in [-0.15, -0.1) is 0 Å². The number of H-pyrrole nitrogens is 1. The molecule has 29 heavy (non-hydrogen) atoms. The minimum Gasteiger partial charge on any atom is -0.391 e. The highest BCUT2D eigenvalue weighted by Gasteiger charge is 2.36. The van der Waals surface area contributed by atoms with E-state index in [0.717, 1.165) is 27.5 Å². The molecule has 3 heterocycles. The number of fused-ring (bicyclic) bond motifs is 2. The Kier molecular flexibility index (Phi) is 4.49. The number of hydrogen-bond donors (Lipinski definition) is 2. The molecular weight excluding hydrogens is 386 g/mol. The smallest absolute Gasteiger partial charge is 0.271 e. The van der Waals surface area contributed by atoms with Crippen molar-refractivity contribution >= 4 is 39.3 Å². The van der Waals surface area contributed by atoms with Crippen LogP contribution in [-0.2, 0) is 6.42 Å². The van der Waals surface area contributed by atoms with Crippen LogP contribution in [0, 0.1) is 5.92 Å². The molecule has 5 rings (SSSR count). The lowest BCUT2D eigenvalue weighted by Crippen LogP contribution is -2.30. The second-order valence-corrected chi connectivity index (χ2v) is 7.97. The lowest BCUT2D eigenvalue weighted by atomic mass is 9.99. The summed E-state index contributed by atoms with van der Waals surface area (Å²) in [5, 5.41) is 12.9. The number of aromatic nitrogens is 2. The number of hydrogen-bond acceptors (Lipinski definition) is 3. The fourth-order valence-electron chi connectivity index (χ4n) is 4.12. The number of likely N-dealkylation sites (tertiary alicyclic amines) is 1. The number of aliphatic hydroxyl groups excluding tert-OH is 1. The minimum absolute atomic E-state index is 0.0595. The first kappa shape index (κ1) is 18.2. The number of β-amino-alcohol motifs (C(OH)–C–C–N with tert-alkyl or cyclic N) is 1. The van der Waals surface area contributed by atoms with Crippen molar-refractivity contribution in [3.8, 4) is 0 Å². The Balaban J connectivity index is 1.35. The van der Waals surface area contributed by atoms with Crippen molar-refractivity contribution in [3.63, 3.8) is 0 Å². The highest BCUT2D eigenvalue weighted by Crippen LogP contribution is 2.30. The molecule has 2 atom stereocenters. The zero-order chi connectivity index (χ0) is 20.0. The number of para-hydroxylation sites is 2. The predicted octanol–water partition coefficient (Wildman–Crippen LogP) is 4.05. The summed E-state index contributed by atoms with van der Waals surface area (Å²) >= 11 is 6.44. The van der Waals surface area contributed by atoms with Gasteiger partial charge in [-0.25, -0.2) is 0 Å². The van der Waals surface area contributed by atoms with E-state index < -0.39 is 6.10 Å². The summed E-state index contributed by atoms with van der Waals surface area (Å²) in [5.41, 5.74) is 3.07. The van der Waals surface area contributed by atoms with Crippen molar-refractivity contribution < 1.29 is 9.90 Å². The van der Waals surface area contributed by atoms with Gasteiger partial charge in [-0.05, 0) is 24.6 Å². The van der Waals surface area contributed by atoms with Gasteiger partial charge in [0.15, 0.2) is 0 Å². The van der Waals surface area contributed by atoms with Gasteiger partial charge in [-0.3, -0.25) is 9.78 Å².